The van der Waals surface area contributed by atoms with Crippen molar-refractivity contribution in [3.8, 4) is 0 Å². The first-order valence-corrected chi connectivity index (χ1v) is 6.96. The van der Waals surface area contributed by atoms with Gasteiger partial charge in [0.25, 0.3) is 0 Å². The minimum absolute atomic E-state index is 0.0704. The molecule has 0 spiro atoms. The topological polar surface area (TPSA) is 72.5 Å². The van der Waals surface area contributed by atoms with E-state index in [1.165, 1.54) is 18.6 Å². The average Bonchev–Trinajstić information content (AvgIpc) is 2.49. The van der Waals surface area contributed by atoms with Crippen LogP contribution in [0.4, 0.5) is 4.79 Å². The quantitative estimate of drug-likeness (QED) is 0.572. The Kier molecular flexibility index (Phi) is 7.01. The molecule has 21 heavy (non-hydrogen) atoms. The van der Waals surface area contributed by atoms with Gasteiger partial charge in [0, 0.05) is 13.1 Å². The van der Waals surface area contributed by atoms with Crippen LogP contribution in [-0.2, 0) is 11.2 Å². The van der Waals surface area contributed by atoms with Gasteiger partial charge in [0.1, 0.15) is 12.1 Å². The molecule has 0 heterocycles. The molecule has 0 saturated heterocycles. The fourth-order valence-corrected chi connectivity index (χ4v) is 1.97. The number of hydrogen-bond acceptors (Lipinski definition) is 3. The summed E-state index contributed by atoms with van der Waals surface area (Å²) in [6.07, 6.45) is 1.72. The van der Waals surface area contributed by atoms with E-state index in [9.17, 15) is 14.7 Å². The van der Waals surface area contributed by atoms with Crippen LogP contribution in [0.2, 0.25) is 0 Å². The Morgan fingerprint density at radius 1 is 1.38 bits per heavy atom. The van der Waals surface area contributed by atoms with Crippen molar-refractivity contribution >= 4 is 12.0 Å². The Labute approximate surface area is 125 Å². The molecule has 0 radical (unpaired) electrons. The van der Waals surface area contributed by atoms with Crippen LogP contribution in [0.15, 0.2) is 43.0 Å². The third kappa shape index (κ3) is 5.69. The van der Waals surface area contributed by atoms with Gasteiger partial charge >= 0.3 is 0 Å². The van der Waals surface area contributed by atoms with E-state index < -0.39 is 12.1 Å². The second kappa shape index (κ2) is 8.79. The Morgan fingerprint density at radius 2 is 2.05 bits per heavy atom. The van der Waals surface area contributed by atoms with E-state index in [0.29, 0.717) is 6.54 Å². The molecule has 0 bridgehead atoms. The van der Waals surface area contributed by atoms with E-state index in [1.807, 2.05) is 30.3 Å². The number of carboxylic acid groups (broad SMARTS) is 1. The molecule has 1 aromatic carbocycles. The smallest absolute Gasteiger partial charge is 0.242 e. The molecule has 1 aromatic rings. The molecule has 1 unspecified atom stereocenters. The molecule has 2 amide bonds. The van der Waals surface area contributed by atoms with Crippen LogP contribution in [0.1, 0.15) is 18.9 Å². The van der Waals surface area contributed by atoms with Gasteiger partial charge in [-0.15, -0.1) is 6.58 Å². The molecule has 5 heteroatoms. The lowest BCUT2D eigenvalue weighted by molar-refractivity contribution is -0.266. The summed E-state index contributed by atoms with van der Waals surface area (Å²) in [6.45, 7) is 5.58. The average molecular weight is 289 g/mol. The van der Waals surface area contributed by atoms with E-state index in [0.717, 1.165) is 17.7 Å². The highest BCUT2D eigenvalue weighted by Crippen LogP contribution is 2.02. The third-order valence-corrected chi connectivity index (χ3v) is 3.19. The first kappa shape index (κ1) is 16.8. The van der Waals surface area contributed by atoms with Gasteiger partial charge in [-0.05, 0) is 25.3 Å². The number of rotatable bonds is 8. The molecule has 0 aliphatic rings. The number of nitrogens with one attached hydrogen (secondary N) is 1. The Balaban J connectivity index is 2.35. The predicted octanol–water partition coefficient (Wildman–Crippen LogP) is 0.955. The summed E-state index contributed by atoms with van der Waals surface area (Å²) in [4.78, 5) is 23.8. The van der Waals surface area contributed by atoms with Crippen molar-refractivity contribution in [3.63, 3.8) is 0 Å². The zero-order valence-electron chi connectivity index (χ0n) is 12.2. The molecule has 5 nitrogen and oxygen atoms in total. The van der Waals surface area contributed by atoms with Crippen LogP contribution in [0.3, 0.4) is 0 Å². The van der Waals surface area contributed by atoms with Crippen molar-refractivity contribution in [2.75, 3.05) is 13.1 Å². The van der Waals surface area contributed by atoms with Gasteiger partial charge in [-0.1, -0.05) is 36.4 Å². The van der Waals surface area contributed by atoms with E-state index in [-0.39, 0.29) is 12.5 Å². The molecule has 0 saturated carbocycles. The van der Waals surface area contributed by atoms with Crippen LogP contribution >= 0.6 is 0 Å². The summed E-state index contributed by atoms with van der Waals surface area (Å²) >= 11 is 0. The summed E-state index contributed by atoms with van der Waals surface area (Å²) in [6, 6.07) is 9.19. The lowest BCUT2D eigenvalue weighted by atomic mass is 10.1. The van der Waals surface area contributed by atoms with Crippen LogP contribution in [0.25, 0.3) is 0 Å². The van der Waals surface area contributed by atoms with Gasteiger partial charge in [0.05, 0.1) is 0 Å². The Morgan fingerprint density at radius 3 is 2.62 bits per heavy atom. The number of benzene rings is 1. The highest BCUT2D eigenvalue weighted by atomic mass is 16.4. The number of carbonyl (C=O) groups excluding carboxylic acids is 2. The molecule has 1 rings (SSSR count). The fraction of sp³-hybridized carbons (Fsp3) is 0.375. The molecule has 0 aliphatic heterocycles. The third-order valence-electron chi connectivity index (χ3n) is 3.19. The Bertz CT molecular complexity index is 474. The summed E-state index contributed by atoms with van der Waals surface area (Å²) in [7, 11) is 0. The van der Waals surface area contributed by atoms with Gasteiger partial charge in [-0.3, -0.25) is 4.79 Å². The molecule has 114 valence electrons. The van der Waals surface area contributed by atoms with Gasteiger partial charge in [-0.2, -0.15) is 0 Å². The monoisotopic (exact) mass is 289 g/mol. The maximum atomic E-state index is 11.9. The van der Waals surface area contributed by atoms with Crippen LogP contribution in [0.5, 0.6) is 0 Å². The number of nitrogens with zero attached hydrogens (tertiary/aromatic N) is 1. The number of hydrogen-bond donors (Lipinski definition) is 1. The lowest BCUT2D eigenvalue weighted by Gasteiger charge is -2.29. The van der Waals surface area contributed by atoms with Crippen molar-refractivity contribution in [2.24, 2.45) is 0 Å². The fourth-order valence-electron chi connectivity index (χ4n) is 1.97. The summed E-state index contributed by atoms with van der Waals surface area (Å²) in [5.41, 5.74) is 1.21. The lowest BCUT2D eigenvalue weighted by Crippen LogP contribution is -2.52. The van der Waals surface area contributed by atoms with Gasteiger partial charge in [0.2, 0.25) is 5.91 Å². The Hall–Kier alpha value is -2.30. The van der Waals surface area contributed by atoms with E-state index in [2.05, 4.69) is 11.9 Å². The standard InChI is InChI=1S/C16H22N2O3/c1-3-12-18(16(20)21)13(2)15(19)17-11-7-10-14-8-5-4-6-9-14/h3-6,8-9,13H,1,7,10-12H2,2H3,(H,17,19)(H,20,21)/p-1. The molecule has 0 aliphatic carbocycles. The normalized spacial score (nSPS) is 11.5. The molecule has 0 fully saturated rings. The van der Waals surface area contributed by atoms with Crippen LogP contribution in [0, 0.1) is 0 Å². The summed E-state index contributed by atoms with van der Waals surface area (Å²) < 4.78 is 0. The van der Waals surface area contributed by atoms with Crippen molar-refractivity contribution in [2.45, 2.75) is 25.8 Å². The maximum absolute atomic E-state index is 11.9. The highest BCUT2D eigenvalue weighted by molar-refractivity contribution is 5.84. The van der Waals surface area contributed by atoms with Crippen molar-refractivity contribution in [1.29, 1.82) is 0 Å². The summed E-state index contributed by atoms with van der Waals surface area (Å²) in [5.74, 6) is -0.325. The number of amides is 2. The number of aryl methyl sites for hydroxylation is 1. The highest BCUT2D eigenvalue weighted by Gasteiger charge is 2.19. The molecular formula is C16H21N2O3-. The maximum Gasteiger partial charge on any atom is 0.242 e. The van der Waals surface area contributed by atoms with E-state index in [4.69, 9.17) is 0 Å². The van der Waals surface area contributed by atoms with Crippen LogP contribution < -0.4 is 10.4 Å². The SMILES string of the molecule is C=CCN(C(=O)[O-])C(C)C(=O)NCCCc1ccccc1. The zero-order valence-corrected chi connectivity index (χ0v) is 12.2. The van der Waals surface area contributed by atoms with E-state index >= 15 is 0 Å². The predicted molar refractivity (Wildman–Crippen MR) is 79.5 cm³/mol. The first-order valence-electron chi connectivity index (χ1n) is 6.96. The van der Waals surface area contributed by atoms with Gasteiger partial charge in [0.15, 0.2) is 0 Å². The summed E-state index contributed by atoms with van der Waals surface area (Å²) in [5, 5.41) is 13.7. The number of carbonyl (C=O) groups is 2. The zero-order chi connectivity index (χ0) is 15.7. The minimum Gasteiger partial charge on any atom is -0.530 e. The first-order chi connectivity index (χ1) is 10.1. The molecular weight excluding hydrogens is 268 g/mol. The van der Waals surface area contributed by atoms with Gasteiger partial charge in [-0.25, -0.2) is 0 Å². The molecule has 0 aromatic heterocycles. The molecule has 1 atom stereocenters. The largest absolute Gasteiger partial charge is 0.530 e. The van der Waals surface area contributed by atoms with E-state index in [1.54, 1.807) is 0 Å². The van der Waals surface area contributed by atoms with Gasteiger partial charge < -0.3 is 20.1 Å². The molecule has 1 N–H and O–H groups in total. The van der Waals surface area contributed by atoms with Crippen molar-refractivity contribution < 1.29 is 14.7 Å². The van der Waals surface area contributed by atoms with Crippen molar-refractivity contribution in [3.05, 3.63) is 48.6 Å². The second-order valence-corrected chi connectivity index (χ2v) is 4.76. The second-order valence-electron chi connectivity index (χ2n) is 4.76. The van der Waals surface area contributed by atoms with Crippen molar-refractivity contribution in [1.82, 2.24) is 10.2 Å². The minimum atomic E-state index is -1.37. The van der Waals surface area contributed by atoms with Crippen LogP contribution in [-0.4, -0.2) is 36.0 Å².